The molecular formula is C16H22N2O3. The maximum Gasteiger partial charge on any atom is 0.276 e. The number of amides is 1. The second-order valence-corrected chi connectivity index (χ2v) is 5.20. The van der Waals surface area contributed by atoms with E-state index in [1.54, 1.807) is 31.4 Å². The lowest BCUT2D eigenvalue weighted by molar-refractivity contribution is -0.123. The Bertz CT molecular complexity index is 497. The summed E-state index contributed by atoms with van der Waals surface area (Å²) in [6.45, 7) is 2.15. The molecule has 1 amide bonds. The molecule has 114 valence electrons. The molecular weight excluding hydrogens is 268 g/mol. The fraction of sp³-hybridized carbons (Fsp3) is 0.438. The highest BCUT2D eigenvalue weighted by Crippen LogP contribution is 2.20. The number of benzene rings is 1. The van der Waals surface area contributed by atoms with Crippen molar-refractivity contribution < 1.29 is 14.3 Å². The zero-order chi connectivity index (χ0) is 15.1. The standard InChI is InChI=1S/C16H22N2O3/c1-12-4-3-5-13(10-12)17-18-16(19)11-21-15-8-6-14(20-2)7-9-15/h6-10,12,17H,3-5,11H2,1-2H3,(H,18,19)/t12-/m0/s1. The van der Waals surface area contributed by atoms with E-state index in [0.717, 1.165) is 24.3 Å². The van der Waals surface area contributed by atoms with E-state index in [1.807, 2.05) is 0 Å². The number of carbonyl (C=O) groups excluding carboxylic acids is 1. The number of hydrazine groups is 1. The molecule has 0 unspecified atom stereocenters. The minimum Gasteiger partial charge on any atom is -0.497 e. The van der Waals surface area contributed by atoms with Gasteiger partial charge in [0.25, 0.3) is 5.91 Å². The van der Waals surface area contributed by atoms with Gasteiger partial charge in [0.05, 0.1) is 7.11 Å². The van der Waals surface area contributed by atoms with Gasteiger partial charge in [-0.05, 0) is 49.4 Å². The van der Waals surface area contributed by atoms with Gasteiger partial charge in [0.15, 0.2) is 6.61 Å². The van der Waals surface area contributed by atoms with Crippen LogP contribution < -0.4 is 20.3 Å². The van der Waals surface area contributed by atoms with Crippen molar-refractivity contribution in [2.45, 2.75) is 26.2 Å². The molecule has 5 heteroatoms. The second-order valence-electron chi connectivity index (χ2n) is 5.20. The highest BCUT2D eigenvalue weighted by Gasteiger charge is 2.10. The summed E-state index contributed by atoms with van der Waals surface area (Å²) in [6, 6.07) is 7.12. The van der Waals surface area contributed by atoms with E-state index in [1.165, 1.54) is 6.42 Å². The van der Waals surface area contributed by atoms with Crippen molar-refractivity contribution in [1.82, 2.24) is 10.9 Å². The number of ether oxygens (including phenoxy) is 2. The first-order chi connectivity index (χ1) is 10.2. The summed E-state index contributed by atoms with van der Waals surface area (Å²) < 4.78 is 10.5. The van der Waals surface area contributed by atoms with E-state index >= 15 is 0 Å². The van der Waals surface area contributed by atoms with Crippen molar-refractivity contribution in [2.75, 3.05) is 13.7 Å². The summed E-state index contributed by atoms with van der Waals surface area (Å²) in [4.78, 5) is 11.7. The SMILES string of the molecule is COc1ccc(OCC(=O)NNC2=C[C@@H](C)CCC2)cc1. The van der Waals surface area contributed by atoms with E-state index < -0.39 is 0 Å². The lowest BCUT2D eigenvalue weighted by Gasteiger charge is -2.19. The maximum absolute atomic E-state index is 11.7. The van der Waals surface area contributed by atoms with Gasteiger partial charge in [-0.15, -0.1) is 0 Å². The molecule has 2 N–H and O–H groups in total. The van der Waals surface area contributed by atoms with Gasteiger partial charge < -0.3 is 14.9 Å². The van der Waals surface area contributed by atoms with E-state index in [4.69, 9.17) is 9.47 Å². The minimum atomic E-state index is -0.204. The van der Waals surface area contributed by atoms with Gasteiger partial charge in [-0.2, -0.15) is 0 Å². The molecule has 1 atom stereocenters. The van der Waals surface area contributed by atoms with Crippen molar-refractivity contribution in [1.29, 1.82) is 0 Å². The number of allylic oxidation sites excluding steroid dienone is 2. The zero-order valence-corrected chi connectivity index (χ0v) is 12.5. The normalized spacial score (nSPS) is 17.6. The fourth-order valence-electron chi connectivity index (χ4n) is 2.24. The van der Waals surface area contributed by atoms with Crippen LogP contribution in [-0.2, 0) is 4.79 Å². The Morgan fingerprint density at radius 3 is 2.67 bits per heavy atom. The zero-order valence-electron chi connectivity index (χ0n) is 12.5. The lowest BCUT2D eigenvalue weighted by Crippen LogP contribution is -2.40. The summed E-state index contributed by atoms with van der Waals surface area (Å²) >= 11 is 0. The summed E-state index contributed by atoms with van der Waals surface area (Å²) in [6.07, 6.45) is 5.50. The summed E-state index contributed by atoms with van der Waals surface area (Å²) in [5.74, 6) is 1.75. The van der Waals surface area contributed by atoms with Gasteiger partial charge in [0.2, 0.25) is 0 Å². The number of hydrogen-bond acceptors (Lipinski definition) is 4. The molecule has 2 rings (SSSR count). The lowest BCUT2D eigenvalue weighted by atomic mass is 9.96. The quantitative estimate of drug-likeness (QED) is 0.790. The van der Waals surface area contributed by atoms with Crippen LogP contribution in [0.2, 0.25) is 0 Å². The van der Waals surface area contributed by atoms with Crippen LogP contribution in [0.5, 0.6) is 11.5 Å². The van der Waals surface area contributed by atoms with Crippen LogP contribution >= 0.6 is 0 Å². The molecule has 0 heterocycles. The predicted octanol–water partition coefficient (Wildman–Crippen LogP) is 2.40. The van der Waals surface area contributed by atoms with Crippen molar-refractivity contribution in [3.63, 3.8) is 0 Å². The molecule has 0 fully saturated rings. The number of carbonyl (C=O) groups is 1. The molecule has 0 radical (unpaired) electrons. The van der Waals surface area contributed by atoms with E-state index in [9.17, 15) is 4.79 Å². The summed E-state index contributed by atoms with van der Waals surface area (Å²) in [5.41, 5.74) is 6.70. The van der Waals surface area contributed by atoms with Crippen molar-refractivity contribution in [3.8, 4) is 11.5 Å². The van der Waals surface area contributed by atoms with Gasteiger partial charge in [-0.25, -0.2) is 0 Å². The average Bonchev–Trinajstić information content (AvgIpc) is 2.51. The number of hydrogen-bond donors (Lipinski definition) is 2. The minimum absolute atomic E-state index is 0.0256. The third kappa shape index (κ3) is 5.02. The number of nitrogens with one attached hydrogen (secondary N) is 2. The van der Waals surface area contributed by atoms with Crippen LogP contribution in [0.1, 0.15) is 26.2 Å². The van der Waals surface area contributed by atoms with Crippen LogP contribution in [0.3, 0.4) is 0 Å². The van der Waals surface area contributed by atoms with Gasteiger partial charge >= 0.3 is 0 Å². The Kier molecular flexibility index (Phi) is 5.49. The maximum atomic E-state index is 11.7. The molecule has 1 aromatic rings. The van der Waals surface area contributed by atoms with E-state index in [2.05, 4.69) is 23.9 Å². The third-order valence-corrected chi connectivity index (χ3v) is 3.38. The van der Waals surface area contributed by atoms with Gasteiger partial charge in [0.1, 0.15) is 11.5 Å². The Morgan fingerprint density at radius 1 is 1.29 bits per heavy atom. The number of rotatable bonds is 6. The monoisotopic (exact) mass is 290 g/mol. The molecule has 0 saturated heterocycles. The fourth-order valence-corrected chi connectivity index (χ4v) is 2.24. The first-order valence-electron chi connectivity index (χ1n) is 7.20. The summed E-state index contributed by atoms with van der Waals surface area (Å²) in [5, 5.41) is 0. The first-order valence-corrected chi connectivity index (χ1v) is 7.20. The topological polar surface area (TPSA) is 59.6 Å². The van der Waals surface area contributed by atoms with Crippen molar-refractivity contribution in [3.05, 3.63) is 36.0 Å². The van der Waals surface area contributed by atoms with Crippen LogP contribution in [0.15, 0.2) is 36.0 Å². The van der Waals surface area contributed by atoms with Crippen LogP contribution in [0.4, 0.5) is 0 Å². The largest absolute Gasteiger partial charge is 0.497 e. The molecule has 0 aromatic heterocycles. The van der Waals surface area contributed by atoms with Crippen LogP contribution in [0, 0.1) is 5.92 Å². The number of methoxy groups -OCH3 is 1. The molecule has 1 aliphatic carbocycles. The van der Waals surface area contributed by atoms with E-state index in [-0.39, 0.29) is 12.5 Å². The molecule has 5 nitrogen and oxygen atoms in total. The molecule has 0 bridgehead atoms. The molecule has 21 heavy (non-hydrogen) atoms. The van der Waals surface area contributed by atoms with Crippen LogP contribution in [-0.4, -0.2) is 19.6 Å². The highest BCUT2D eigenvalue weighted by molar-refractivity contribution is 5.77. The van der Waals surface area contributed by atoms with Crippen LogP contribution in [0.25, 0.3) is 0 Å². The van der Waals surface area contributed by atoms with E-state index in [0.29, 0.717) is 11.7 Å². The molecule has 1 aromatic carbocycles. The molecule has 0 saturated carbocycles. The Morgan fingerprint density at radius 2 is 2.00 bits per heavy atom. The Hall–Kier alpha value is -2.17. The van der Waals surface area contributed by atoms with Crippen molar-refractivity contribution >= 4 is 5.91 Å². The first kappa shape index (κ1) is 15.2. The molecule has 0 aliphatic heterocycles. The van der Waals surface area contributed by atoms with Crippen molar-refractivity contribution in [2.24, 2.45) is 5.92 Å². The average molecular weight is 290 g/mol. The predicted molar refractivity (Wildman–Crippen MR) is 80.9 cm³/mol. The second kappa shape index (κ2) is 7.57. The summed E-state index contributed by atoms with van der Waals surface area (Å²) in [7, 11) is 1.61. The molecule has 0 spiro atoms. The Labute approximate surface area is 125 Å². The Balaban J connectivity index is 1.71. The smallest absolute Gasteiger partial charge is 0.276 e. The van der Waals surface area contributed by atoms with Gasteiger partial charge in [0, 0.05) is 5.70 Å². The highest BCUT2D eigenvalue weighted by atomic mass is 16.5. The molecule has 1 aliphatic rings. The van der Waals surface area contributed by atoms with Gasteiger partial charge in [-0.3, -0.25) is 10.2 Å². The van der Waals surface area contributed by atoms with Gasteiger partial charge in [-0.1, -0.05) is 13.0 Å². The third-order valence-electron chi connectivity index (χ3n) is 3.38.